The molecule has 2 heteroatoms. The molecular formula is C11H25NO. The van der Waals surface area contributed by atoms with Gasteiger partial charge in [0.15, 0.2) is 0 Å². The molecule has 0 aliphatic carbocycles. The fourth-order valence-corrected chi connectivity index (χ4v) is 1.53. The summed E-state index contributed by atoms with van der Waals surface area (Å²) in [7, 11) is 1.78. The van der Waals surface area contributed by atoms with E-state index in [0.29, 0.717) is 5.92 Å². The third-order valence-corrected chi connectivity index (χ3v) is 2.94. The fraction of sp³-hybridized carbons (Fsp3) is 1.00. The van der Waals surface area contributed by atoms with Crippen LogP contribution in [0.15, 0.2) is 0 Å². The van der Waals surface area contributed by atoms with Gasteiger partial charge >= 0.3 is 0 Å². The van der Waals surface area contributed by atoms with E-state index in [4.69, 9.17) is 4.74 Å². The highest BCUT2D eigenvalue weighted by Crippen LogP contribution is 2.19. The first kappa shape index (κ1) is 12.9. The number of hydrogen-bond acceptors (Lipinski definition) is 2. The van der Waals surface area contributed by atoms with Gasteiger partial charge in [0.2, 0.25) is 0 Å². The van der Waals surface area contributed by atoms with Crippen molar-refractivity contribution in [1.29, 1.82) is 0 Å². The second-order valence-electron chi connectivity index (χ2n) is 4.08. The molecule has 0 bridgehead atoms. The highest BCUT2D eigenvalue weighted by atomic mass is 16.5. The third kappa shape index (κ3) is 5.27. The first-order chi connectivity index (χ1) is 6.13. The van der Waals surface area contributed by atoms with Gasteiger partial charge in [0.05, 0.1) is 0 Å². The first-order valence-electron chi connectivity index (χ1n) is 5.33. The minimum atomic E-state index is 0.652. The minimum Gasteiger partial charge on any atom is -0.384 e. The van der Waals surface area contributed by atoms with E-state index < -0.39 is 0 Å². The lowest BCUT2D eigenvalue weighted by Crippen LogP contribution is -2.29. The van der Waals surface area contributed by atoms with Crippen molar-refractivity contribution in [2.75, 3.05) is 26.8 Å². The van der Waals surface area contributed by atoms with Gasteiger partial charge < -0.3 is 10.1 Å². The van der Waals surface area contributed by atoms with Crippen LogP contribution < -0.4 is 5.32 Å². The van der Waals surface area contributed by atoms with Crippen molar-refractivity contribution in [2.45, 2.75) is 27.7 Å². The van der Waals surface area contributed by atoms with Gasteiger partial charge in [0.25, 0.3) is 0 Å². The lowest BCUT2D eigenvalue weighted by atomic mass is 9.85. The Morgan fingerprint density at radius 2 is 1.77 bits per heavy atom. The van der Waals surface area contributed by atoms with Crippen LogP contribution in [0.1, 0.15) is 27.7 Å². The van der Waals surface area contributed by atoms with Crippen LogP contribution in [0.2, 0.25) is 0 Å². The van der Waals surface area contributed by atoms with Gasteiger partial charge in [-0.25, -0.2) is 0 Å². The van der Waals surface area contributed by atoms with E-state index in [0.717, 1.165) is 31.5 Å². The Morgan fingerprint density at radius 3 is 2.23 bits per heavy atom. The van der Waals surface area contributed by atoms with Crippen molar-refractivity contribution in [1.82, 2.24) is 5.32 Å². The molecule has 0 saturated heterocycles. The molecule has 0 aromatic heterocycles. The number of ether oxygens (including phenoxy) is 1. The van der Waals surface area contributed by atoms with Crippen molar-refractivity contribution in [3.05, 3.63) is 0 Å². The Labute approximate surface area is 83.1 Å². The van der Waals surface area contributed by atoms with Crippen LogP contribution in [0.4, 0.5) is 0 Å². The van der Waals surface area contributed by atoms with Gasteiger partial charge in [0, 0.05) is 13.7 Å². The standard InChI is InChI=1S/C11H25NO/c1-6-12-7-9(2)11(4)10(3)8-13-5/h9-12H,6-8H2,1-5H3. The lowest BCUT2D eigenvalue weighted by molar-refractivity contribution is 0.116. The van der Waals surface area contributed by atoms with Gasteiger partial charge in [-0.2, -0.15) is 0 Å². The summed E-state index contributed by atoms with van der Waals surface area (Å²) in [4.78, 5) is 0. The minimum absolute atomic E-state index is 0.652. The van der Waals surface area contributed by atoms with Gasteiger partial charge in [-0.1, -0.05) is 27.7 Å². The third-order valence-electron chi connectivity index (χ3n) is 2.94. The molecule has 0 amide bonds. The predicted octanol–water partition coefficient (Wildman–Crippen LogP) is 2.15. The Kier molecular flexibility index (Phi) is 7.29. The monoisotopic (exact) mass is 187 g/mol. The zero-order valence-corrected chi connectivity index (χ0v) is 9.76. The summed E-state index contributed by atoms with van der Waals surface area (Å²) in [6.45, 7) is 12.1. The van der Waals surface area contributed by atoms with Crippen LogP contribution in [0.25, 0.3) is 0 Å². The molecule has 0 aromatic rings. The van der Waals surface area contributed by atoms with Crippen molar-refractivity contribution in [3.8, 4) is 0 Å². The number of hydrogen-bond donors (Lipinski definition) is 1. The van der Waals surface area contributed by atoms with Crippen molar-refractivity contribution < 1.29 is 4.74 Å². The summed E-state index contributed by atoms with van der Waals surface area (Å²) in [5.74, 6) is 2.10. The molecule has 0 saturated carbocycles. The predicted molar refractivity (Wildman–Crippen MR) is 57.9 cm³/mol. The number of methoxy groups -OCH3 is 1. The molecule has 13 heavy (non-hydrogen) atoms. The zero-order valence-electron chi connectivity index (χ0n) is 9.76. The largest absolute Gasteiger partial charge is 0.384 e. The van der Waals surface area contributed by atoms with Gasteiger partial charge in [-0.15, -0.1) is 0 Å². The molecule has 0 spiro atoms. The van der Waals surface area contributed by atoms with Crippen LogP contribution in [0.5, 0.6) is 0 Å². The summed E-state index contributed by atoms with van der Waals surface area (Å²) in [5, 5.41) is 3.39. The SMILES string of the molecule is CCNCC(C)C(C)C(C)COC. The van der Waals surface area contributed by atoms with E-state index in [1.807, 2.05) is 0 Å². The molecular weight excluding hydrogens is 162 g/mol. The number of rotatable bonds is 7. The normalized spacial score (nSPS) is 18.2. The zero-order chi connectivity index (χ0) is 10.3. The molecule has 0 aliphatic heterocycles. The maximum absolute atomic E-state index is 5.16. The van der Waals surface area contributed by atoms with Crippen LogP contribution in [0, 0.1) is 17.8 Å². The summed E-state index contributed by atoms with van der Waals surface area (Å²) >= 11 is 0. The smallest absolute Gasteiger partial charge is 0.0490 e. The highest BCUT2D eigenvalue weighted by Gasteiger charge is 2.18. The van der Waals surface area contributed by atoms with Gasteiger partial charge in [-0.3, -0.25) is 0 Å². The lowest BCUT2D eigenvalue weighted by Gasteiger charge is -2.25. The summed E-state index contributed by atoms with van der Waals surface area (Å²) in [6, 6.07) is 0. The van der Waals surface area contributed by atoms with E-state index in [9.17, 15) is 0 Å². The average Bonchev–Trinajstić information content (AvgIpc) is 2.13. The molecule has 3 unspecified atom stereocenters. The van der Waals surface area contributed by atoms with Crippen molar-refractivity contribution >= 4 is 0 Å². The Morgan fingerprint density at radius 1 is 1.15 bits per heavy atom. The van der Waals surface area contributed by atoms with E-state index in [-0.39, 0.29) is 0 Å². The van der Waals surface area contributed by atoms with E-state index in [2.05, 4.69) is 33.0 Å². The Balaban J connectivity index is 3.71. The van der Waals surface area contributed by atoms with E-state index in [1.54, 1.807) is 7.11 Å². The highest BCUT2D eigenvalue weighted by molar-refractivity contribution is 4.69. The fourth-order valence-electron chi connectivity index (χ4n) is 1.53. The molecule has 3 atom stereocenters. The molecule has 0 fully saturated rings. The van der Waals surface area contributed by atoms with Crippen LogP contribution in [-0.2, 0) is 4.74 Å². The molecule has 1 N–H and O–H groups in total. The average molecular weight is 187 g/mol. The molecule has 2 nitrogen and oxygen atoms in total. The second-order valence-corrected chi connectivity index (χ2v) is 4.08. The Bertz CT molecular complexity index is 117. The molecule has 0 aliphatic rings. The summed E-state index contributed by atoms with van der Waals surface area (Å²) in [6.07, 6.45) is 0. The molecule has 0 rings (SSSR count). The van der Waals surface area contributed by atoms with Crippen LogP contribution in [0.3, 0.4) is 0 Å². The van der Waals surface area contributed by atoms with Gasteiger partial charge in [0.1, 0.15) is 0 Å². The topological polar surface area (TPSA) is 21.3 Å². The Hall–Kier alpha value is -0.0800. The number of nitrogens with one attached hydrogen (secondary N) is 1. The summed E-state index contributed by atoms with van der Waals surface area (Å²) < 4.78 is 5.16. The van der Waals surface area contributed by atoms with E-state index in [1.165, 1.54) is 0 Å². The van der Waals surface area contributed by atoms with Crippen molar-refractivity contribution in [3.63, 3.8) is 0 Å². The van der Waals surface area contributed by atoms with Crippen LogP contribution >= 0.6 is 0 Å². The molecule has 0 radical (unpaired) electrons. The van der Waals surface area contributed by atoms with Crippen LogP contribution in [-0.4, -0.2) is 26.8 Å². The summed E-state index contributed by atoms with van der Waals surface area (Å²) in [5.41, 5.74) is 0. The van der Waals surface area contributed by atoms with E-state index >= 15 is 0 Å². The molecule has 80 valence electrons. The quantitative estimate of drug-likeness (QED) is 0.659. The second kappa shape index (κ2) is 7.34. The molecule has 0 aromatic carbocycles. The first-order valence-corrected chi connectivity index (χ1v) is 5.33. The maximum Gasteiger partial charge on any atom is 0.0490 e. The van der Waals surface area contributed by atoms with Crippen molar-refractivity contribution in [2.24, 2.45) is 17.8 Å². The van der Waals surface area contributed by atoms with Gasteiger partial charge in [-0.05, 0) is 30.8 Å². The maximum atomic E-state index is 5.16. The molecule has 0 heterocycles.